The van der Waals surface area contributed by atoms with E-state index in [1.807, 2.05) is 24.3 Å². The predicted octanol–water partition coefficient (Wildman–Crippen LogP) is 8.58. The summed E-state index contributed by atoms with van der Waals surface area (Å²) in [7, 11) is 0. The second kappa shape index (κ2) is 10.1. The number of alkyl halides is 6. The third-order valence-corrected chi connectivity index (χ3v) is 7.24. The van der Waals surface area contributed by atoms with Crippen molar-refractivity contribution in [3.63, 3.8) is 0 Å². The molecule has 1 aliphatic carbocycles. The standard InChI is InChI=1S/C32H14F6N4/c33-31(34,35)22-5-1-17(2-6-22)24-11-28-26(9-19(24)13-39)27-10-20(14-40)25(12-29(27)30(28)21(15-41)16-42)18-3-7-23(8-4-18)32(36,37)38/h1-12,21,30H. The summed E-state index contributed by atoms with van der Waals surface area (Å²) in [5.74, 6) is -2.10. The minimum atomic E-state index is -4.56. The highest BCUT2D eigenvalue weighted by Crippen LogP contribution is 2.52. The number of nitriles is 4. The molecule has 204 valence electrons. The molecule has 0 saturated carbocycles. The molecule has 0 heterocycles. The molecular formula is C32H14F6N4. The molecule has 0 radical (unpaired) electrons. The van der Waals surface area contributed by atoms with Crippen molar-refractivity contribution < 1.29 is 26.3 Å². The molecule has 4 nitrogen and oxygen atoms in total. The highest BCUT2D eigenvalue weighted by molar-refractivity contribution is 5.89. The van der Waals surface area contributed by atoms with Gasteiger partial charge in [0.05, 0.1) is 46.5 Å². The van der Waals surface area contributed by atoms with Crippen LogP contribution in [0.3, 0.4) is 0 Å². The van der Waals surface area contributed by atoms with Crippen LogP contribution < -0.4 is 0 Å². The highest BCUT2D eigenvalue weighted by atomic mass is 19.4. The average molecular weight is 568 g/mol. The first-order valence-electron chi connectivity index (χ1n) is 12.2. The van der Waals surface area contributed by atoms with E-state index in [0.717, 1.165) is 24.3 Å². The van der Waals surface area contributed by atoms with E-state index in [4.69, 9.17) is 0 Å². The molecule has 0 bridgehead atoms. The average Bonchev–Trinajstić information content (AvgIpc) is 3.28. The molecule has 5 rings (SSSR count). The van der Waals surface area contributed by atoms with E-state index in [-0.39, 0.29) is 11.1 Å². The first-order chi connectivity index (χ1) is 19.9. The summed E-state index contributed by atoms with van der Waals surface area (Å²) in [5, 5.41) is 39.5. The Kier molecular flexibility index (Phi) is 6.73. The van der Waals surface area contributed by atoms with Crippen molar-refractivity contribution in [2.75, 3.05) is 0 Å². The number of halogens is 6. The van der Waals surface area contributed by atoms with Crippen LogP contribution in [0.2, 0.25) is 0 Å². The van der Waals surface area contributed by atoms with Gasteiger partial charge in [-0.1, -0.05) is 24.3 Å². The Balaban J connectivity index is 1.72. The summed E-state index contributed by atoms with van der Waals surface area (Å²) in [4.78, 5) is 0. The summed E-state index contributed by atoms with van der Waals surface area (Å²) >= 11 is 0. The van der Waals surface area contributed by atoms with Crippen LogP contribution in [-0.4, -0.2) is 0 Å². The lowest BCUT2D eigenvalue weighted by molar-refractivity contribution is -0.138. The van der Waals surface area contributed by atoms with Gasteiger partial charge < -0.3 is 0 Å². The van der Waals surface area contributed by atoms with Crippen LogP contribution in [0.4, 0.5) is 26.3 Å². The lowest BCUT2D eigenvalue weighted by Crippen LogP contribution is -2.09. The topological polar surface area (TPSA) is 95.2 Å². The lowest BCUT2D eigenvalue weighted by Gasteiger charge is -2.17. The molecule has 4 aromatic rings. The molecule has 0 saturated heterocycles. The highest BCUT2D eigenvalue weighted by Gasteiger charge is 2.37. The summed E-state index contributed by atoms with van der Waals surface area (Å²) < 4.78 is 78.7. The van der Waals surface area contributed by atoms with Gasteiger partial charge in [0, 0.05) is 5.92 Å². The molecule has 10 heteroatoms. The van der Waals surface area contributed by atoms with Gasteiger partial charge in [-0.25, -0.2) is 0 Å². The summed E-state index contributed by atoms with van der Waals surface area (Å²) in [6, 6.07) is 22.6. The molecule has 0 N–H and O–H groups in total. The van der Waals surface area contributed by atoms with Crippen LogP contribution in [0, 0.1) is 51.2 Å². The summed E-state index contributed by atoms with van der Waals surface area (Å²) in [6.07, 6.45) is -9.12. The van der Waals surface area contributed by atoms with Crippen molar-refractivity contribution in [2.24, 2.45) is 5.92 Å². The van der Waals surface area contributed by atoms with Gasteiger partial charge in [-0.2, -0.15) is 47.4 Å². The minimum absolute atomic E-state index is 0.121. The Morgan fingerprint density at radius 1 is 0.524 bits per heavy atom. The molecule has 0 spiro atoms. The Morgan fingerprint density at radius 3 is 1.17 bits per heavy atom. The van der Waals surface area contributed by atoms with Crippen LogP contribution in [0.15, 0.2) is 72.8 Å². The number of hydrogen-bond donors (Lipinski definition) is 0. The Hall–Kier alpha value is -5.58. The molecule has 0 atom stereocenters. The number of fused-ring (bicyclic) bond motifs is 3. The van der Waals surface area contributed by atoms with E-state index in [0.29, 0.717) is 44.5 Å². The SMILES string of the molecule is N#Cc1cc2c(cc1-c1ccc(C(F)(F)F)cc1)C(C(C#N)C#N)c1cc(-c3ccc(C(F)(F)F)cc3)c(C#N)cc1-2. The van der Waals surface area contributed by atoms with Crippen molar-refractivity contribution >= 4 is 0 Å². The fraction of sp³-hybridized carbons (Fsp3) is 0.125. The second-order valence-corrected chi connectivity index (χ2v) is 9.56. The van der Waals surface area contributed by atoms with Crippen LogP contribution in [0.5, 0.6) is 0 Å². The number of rotatable bonds is 3. The quantitative estimate of drug-likeness (QED) is 0.231. The lowest BCUT2D eigenvalue weighted by atomic mass is 9.83. The van der Waals surface area contributed by atoms with Crippen molar-refractivity contribution in [3.8, 4) is 57.7 Å². The minimum Gasteiger partial charge on any atom is -0.197 e. The third-order valence-electron chi connectivity index (χ3n) is 7.24. The van der Waals surface area contributed by atoms with E-state index in [1.165, 1.54) is 36.4 Å². The van der Waals surface area contributed by atoms with E-state index < -0.39 is 35.3 Å². The smallest absolute Gasteiger partial charge is 0.197 e. The Labute approximate surface area is 235 Å². The monoisotopic (exact) mass is 568 g/mol. The van der Waals surface area contributed by atoms with Gasteiger partial charge in [0.15, 0.2) is 0 Å². The van der Waals surface area contributed by atoms with E-state index >= 15 is 0 Å². The normalized spacial score (nSPS) is 12.5. The molecule has 4 aromatic carbocycles. The van der Waals surface area contributed by atoms with Gasteiger partial charge in [-0.3, -0.25) is 0 Å². The van der Waals surface area contributed by atoms with Gasteiger partial charge in [0.1, 0.15) is 5.92 Å². The molecule has 0 aliphatic heterocycles. The third kappa shape index (κ3) is 4.70. The van der Waals surface area contributed by atoms with Gasteiger partial charge in [0.2, 0.25) is 0 Å². The van der Waals surface area contributed by atoms with Gasteiger partial charge in [-0.05, 0) is 93.0 Å². The largest absolute Gasteiger partial charge is 0.416 e. The molecule has 0 amide bonds. The first kappa shape index (κ1) is 28.0. The van der Waals surface area contributed by atoms with Crippen LogP contribution in [0.25, 0.3) is 33.4 Å². The molecule has 1 aliphatic rings. The van der Waals surface area contributed by atoms with Gasteiger partial charge >= 0.3 is 12.4 Å². The maximum Gasteiger partial charge on any atom is 0.416 e. The van der Waals surface area contributed by atoms with Crippen molar-refractivity contribution in [2.45, 2.75) is 18.3 Å². The number of hydrogen-bond acceptors (Lipinski definition) is 4. The van der Waals surface area contributed by atoms with Crippen LogP contribution >= 0.6 is 0 Å². The zero-order chi connectivity index (χ0) is 30.4. The summed E-state index contributed by atoms with van der Waals surface area (Å²) in [6.45, 7) is 0. The van der Waals surface area contributed by atoms with Crippen molar-refractivity contribution in [1.82, 2.24) is 0 Å². The zero-order valence-corrected chi connectivity index (χ0v) is 21.1. The maximum atomic E-state index is 13.1. The second-order valence-electron chi connectivity index (χ2n) is 9.56. The fourth-order valence-corrected chi connectivity index (χ4v) is 5.26. The molecule has 0 fully saturated rings. The van der Waals surface area contributed by atoms with Gasteiger partial charge in [0.25, 0.3) is 0 Å². The Bertz CT molecular complexity index is 1750. The van der Waals surface area contributed by atoms with Crippen LogP contribution in [0.1, 0.15) is 39.3 Å². The van der Waals surface area contributed by atoms with Gasteiger partial charge in [-0.15, -0.1) is 0 Å². The van der Waals surface area contributed by atoms with E-state index in [9.17, 15) is 47.4 Å². The molecular weight excluding hydrogens is 554 g/mol. The van der Waals surface area contributed by atoms with E-state index in [2.05, 4.69) is 0 Å². The van der Waals surface area contributed by atoms with Crippen LogP contribution in [-0.2, 0) is 12.4 Å². The molecule has 0 unspecified atom stereocenters. The zero-order valence-electron chi connectivity index (χ0n) is 21.1. The predicted molar refractivity (Wildman–Crippen MR) is 139 cm³/mol. The number of nitrogens with zero attached hydrogens (tertiary/aromatic N) is 4. The van der Waals surface area contributed by atoms with E-state index in [1.54, 1.807) is 12.1 Å². The first-order valence-corrected chi connectivity index (χ1v) is 12.2. The molecule has 0 aromatic heterocycles. The molecule has 42 heavy (non-hydrogen) atoms. The summed E-state index contributed by atoms with van der Waals surface area (Å²) in [5.41, 5.74) is 1.56. The maximum absolute atomic E-state index is 13.1. The fourth-order valence-electron chi connectivity index (χ4n) is 5.26. The van der Waals surface area contributed by atoms with Crippen molar-refractivity contribution in [3.05, 3.63) is 106 Å². The van der Waals surface area contributed by atoms with Crippen molar-refractivity contribution in [1.29, 1.82) is 21.0 Å². The number of benzene rings is 4. The Morgan fingerprint density at radius 2 is 0.881 bits per heavy atom.